The molecule has 1 heterocycles. The van der Waals surface area contributed by atoms with Gasteiger partial charge in [-0.25, -0.2) is 4.98 Å². The second kappa shape index (κ2) is 7.87. The lowest BCUT2D eigenvalue weighted by molar-refractivity contribution is -0.118. The molecule has 2 aromatic carbocycles. The number of carbonyl (C=O) groups excluding carboxylic acids is 1. The lowest BCUT2D eigenvalue weighted by atomic mass is 10.1. The van der Waals surface area contributed by atoms with Crippen molar-refractivity contribution in [2.24, 2.45) is 0 Å². The van der Waals surface area contributed by atoms with Crippen molar-refractivity contribution < 1.29 is 9.53 Å². The second-order valence-corrected chi connectivity index (χ2v) is 7.30. The molecule has 25 heavy (non-hydrogen) atoms. The number of nitrogens with zero attached hydrogens (tertiary/aromatic N) is 1. The Balaban J connectivity index is 1.64. The molecule has 0 unspecified atom stereocenters. The molecule has 3 rings (SSSR count). The van der Waals surface area contributed by atoms with Crippen molar-refractivity contribution in [3.8, 4) is 17.0 Å². The number of aromatic nitrogens is 1. The van der Waals surface area contributed by atoms with Crippen LogP contribution in [0.1, 0.15) is 4.88 Å². The van der Waals surface area contributed by atoms with Crippen LogP contribution in [-0.2, 0) is 4.79 Å². The van der Waals surface area contributed by atoms with E-state index in [0.29, 0.717) is 20.9 Å². The Morgan fingerprint density at radius 2 is 1.92 bits per heavy atom. The van der Waals surface area contributed by atoms with Crippen LogP contribution < -0.4 is 10.1 Å². The maximum absolute atomic E-state index is 12.1. The summed E-state index contributed by atoms with van der Waals surface area (Å²) in [4.78, 5) is 17.5. The molecule has 1 amide bonds. The summed E-state index contributed by atoms with van der Waals surface area (Å²) < 4.78 is 5.42. The van der Waals surface area contributed by atoms with Gasteiger partial charge in [-0.05, 0) is 37.3 Å². The van der Waals surface area contributed by atoms with Crippen LogP contribution in [0, 0.1) is 6.92 Å². The molecule has 0 fully saturated rings. The molecule has 0 saturated carbocycles. The highest BCUT2D eigenvalue weighted by molar-refractivity contribution is 7.16. The summed E-state index contributed by atoms with van der Waals surface area (Å²) >= 11 is 13.2. The van der Waals surface area contributed by atoms with Gasteiger partial charge in [0, 0.05) is 20.5 Å². The van der Waals surface area contributed by atoms with E-state index in [2.05, 4.69) is 10.3 Å². The van der Waals surface area contributed by atoms with E-state index in [1.165, 1.54) is 11.3 Å². The Morgan fingerprint density at radius 3 is 2.64 bits per heavy atom. The number of amides is 1. The standard InChI is InChI=1S/C18H14Cl2N2O2S/c1-11-17(12-5-7-13(19)8-6-12)22-18(25-11)21-16(23)10-24-15-4-2-3-14(20)9-15/h2-9H,10H2,1H3,(H,21,22,23). The SMILES string of the molecule is Cc1sc(NC(=O)COc2cccc(Cl)c2)nc1-c1ccc(Cl)cc1. The van der Waals surface area contributed by atoms with Crippen LogP contribution >= 0.6 is 34.5 Å². The maximum Gasteiger partial charge on any atom is 0.264 e. The van der Waals surface area contributed by atoms with Crippen molar-refractivity contribution in [2.75, 3.05) is 11.9 Å². The predicted molar refractivity (Wildman–Crippen MR) is 103 cm³/mol. The Hall–Kier alpha value is -2.08. The Bertz CT molecular complexity index is 894. The first-order chi connectivity index (χ1) is 12.0. The van der Waals surface area contributed by atoms with Crippen molar-refractivity contribution in [3.63, 3.8) is 0 Å². The minimum absolute atomic E-state index is 0.116. The van der Waals surface area contributed by atoms with Gasteiger partial charge < -0.3 is 4.74 Å². The summed E-state index contributed by atoms with van der Waals surface area (Å²) in [6, 6.07) is 14.3. The highest BCUT2D eigenvalue weighted by Crippen LogP contribution is 2.31. The van der Waals surface area contributed by atoms with Gasteiger partial charge in [0.2, 0.25) is 0 Å². The Labute approximate surface area is 159 Å². The van der Waals surface area contributed by atoms with E-state index in [1.54, 1.807) is 24.3 Å². The molecule has 0 radical (unpaired) electrons. The number of benzene rings is 2. The van der Waals surface area contributed by atoms with Crippen LogP contribution in [0.3, 0.4) is 0 Å². The van der Waals surface area contributed by atoms with E-state index in [9.17, 15) is 4.79 Å². The lowest BCUT2D eigenvalue weighted by Gasteiger charge is -2.05. The Kier molecular flexibility index (Phi) is 5.58. The molecule has 0 spiro atoms. The van der Waals surface area contributed by atoms with Crippen LogP contribution in [0.4, 0.5) is 5.13 Å². The zero-order valence-electron chi connectivity index (χ0n) is 13.3. The highest BCUT2D eigenvalue weighted by Gasteiger charge is 2.12. The number of halogens is 2. The van der Waals surface area contributed by atoms with E-state index in [1.807, 2.05) is 31.2 Å². The average molecular weight is 393 g/mol. The van der Waals surface area contributed by atoms with Gasteiger partial charge in [-0.2, -0.15) is 0 Å². The van der Waals surface area contributed by atoms with E-state index in [-0.39, 0.29) is 12.5 Å². The molecule has 0 bridgehead atoms. The molecule has 0 aliphatic heterocycles. The number of anilines is 1. The van der Waals surface area contributed by atoms with Crippen molar-refractivity contribution in [1.29, 1.82) is 0 Å². The van der Waals surface area contributed by atoms with Gasteiger partial charge in [-0.1, -0.05) is 41.4 Å². The van der Waals surface area contributed by atoms with Gasteiger partial charge >= 0.3 is 0 Å². The van der Waals surface area contributed by atoms with E-state index in [4.69, 9.17) is 27.9 Å². The van der Waals surface area contributed by atoms with Crippen LogP contribution in [0.25, 0.3) is 11.3 Å². The first-order valence-electron chi connectivity index (χ1n) is 7.43. The largest absolute Gasteiger partial charge is 0.484 e. The number of hydrogen-bond donors (Lipinski definition) is 1. The Morgan fingerprint density at radius 1 is 1.16 bits per heavy atom. The monoisotopic (exact) mass is 392 g/mol. The van der Waals surface area contributed by atoms with E-state index >= 15 is 0 Å². The van der Waals surface area contributed by atoms with Crippen LogP contribution in [0.15, 0.2) is 48.5 Å². The molecule has 0 saturated heterocycles. The highest BCUT2D eigenvalue weighted by atomic mass is 35.5. The molecule has 128 valence electrons. The number of nitrogens with one attached hydrogen (secondary N) is 1. The first-order valence-corrected chi connectivity index (χ1v) is 9.00. The summed E-state index contributed by atoms with van der Waals surface area (Å²) in [7, 11) is 0. The lowest BCUT2D eigenvalue weighted by Crippen LogP contribution is -2.20. The van der Waals surface area contributed by atoms with Gasteiger partial charge in [0.1, 0.15) is 5.75 Å². The smallest absolute Gasteiger partial charge is 0.264 e. The molecule has 1 aromatic heterocycles. The third-order valence-corrected chi connectivity index (χ3v) is 4.70. The van der Waals surface area contributed by atoms with Crippen molar-refractivity contribution in [1.82, 2.24) is 4.98 Å². The molecule has 3 aromatic rings. The van der Waals surface area contributed by atoms with Gasteiger partial charge in [-0.3, -0.25) is 10.1 Å². The molecular formula is C18H14Cl2N2O2S. The van der Waals surface area contributed by atoms with Crippen molar-refractivity contribution >= 4 is 45.6 Å². The summed E-state index contributed by atoms with van der Waals surface area (Å²) in [6.07, 6.45) is 0. The number of thiazole rings is 1. The average Bonchev–Trinajstić information content (AvgIpc) is 2.94. The van der Waals surface area contributed by atoms with Gasteiger partial charge in [0.15, 0.2) is 11.7 Å². The first kappa shape index (κ1) is 17.7. The fourth-order valence-corrected chi connectivity index (χ4v) is 3.34. The van der Waals surface area contributed by atoms with E-state index < -0.39 is 0 Å². The van der Waals surface area contributed by atoms with Gasteiger partial charge in [0.05, 0.1) is 5.69 Å². The fraction of sp³-hybridized carbons (Fsp3) is 0.111. The number of carbonyl (C=O) groups is 1. The molecular weight excluding hydrogens is 379 g/mol. The third kappa shape index (κ3) is 4.72. The predicted octanol–water partition coefficient (Wildman–Crippen LogP) is 5.44. The number of hydrogen-bond acceptors (Lipinski definition) is 4. The van der Waals surface area contributed by atoms with Crippen LogP contribution in [-0.4, -0.2) is 17.5 Å². The molecule has 7 heteroatoms. The molecule has 0 aliphatic rings. The van der Waals surface area contributed by atoms with Crippen molar-refractivity contribution in [2.45, 2.75) is 6.92 Å². The molecule has 1 N–H and O–H groups in total. The van der Waals surface area contributed by atoms with Gasteiger partial charge in [0.25, 0.3) is 5.91 Å². The summed E-state index contributed by atoms with van der Waals surface area (Å²) in [5, 5.41) is 4.51. The third-order valence-electron chi connectivity index (χ3n) is 3.33. The summed E-state index contributed by atoms with van der Waals surface area (Å²) in [5.41, 5.74) is 1.78. The molecule has 0 aliphatic carbocycles. The summed E-state index contributed by atoms with van der Waals surface area (Å²) in [5.74, 6) is 0.260. The van der Waals surface area contributed by atoms with Gasteiger partial charge in [-0.15, -0.1) is 11.3 Å². The second-order valence-electron chi connectivity index (χ2n) is 5.22. The maximum atomic E-state index is 12.1. The zero-order chi connectivity index (χ0) is 17.8. The quantitative estimate of drug-likeness (QED) is 0.628. The topological polar surface area (TPSA) is 51.2 Å². The minimum Gasteiger partial charge on any atom is -0.484 e. The minimum atomic E-state index is -0.281. The number of aryl methyl sites for hydroxylation is 1. The number of rotatable bonds is 5. The number of ether oxygens (including phenoxy) is 1. The zero-order valence-corrected chi connectivity index (χ0v) is 15.6. The molecule has 4 nitrogen and oxygen atoms in total. The van der Waals surface area contributed by atoms with Crippen LogP contribution in [0.5, 0.6) is 5.75 Å². The molecule has 0 atom stereocenters. The normalized spacial score (nSPS) is 10.5. The summed E-state index contributed by atoms with van der Waals surface area (Å²) in [6.45, 7) is 1.84. The van der Waals surface area contributed by atoms with Crippen molar-refractivity contribution in [3.05, 3.63) is 63.5 Å². The van der Waals surface area contributed by atoms with E-state index in [0.717, 1.165) is 16.1 Å². The fourth-order valence-electron chi connectivity index (χ4n) is 2.19. The van der Waals surface area contributed by atoms with Crippen LogP contribution in [0.2, 0.25) is 10.0 Å².